The van der Waals surface area contributed by atoms with Crippen molar-refractivity contribution in [2.24, 2.45) is 4.99 Å². The van der Waals surface area contributed by atoms with Crippen LogP contribution in [-0.2, 0) is 13.1 Å². The highest BCUT2D eigenvalue weighted by molar-refractivity contribution is 5.75. The van der Waals surface area contributed by atoms with Gasteiger partial charge in [-0.2, -0.15) is 0 Å². The Balaban J connectivity index is 1.28. The normalized spacial score (nSPS) is 19.7. The smallest absolute Gasteiger partial charge is 0.137 e. The highest BCUT2D eigenvalue weighted by Crippen LogP contribution is 2.29. The Morgan fingerprint density at radius 1 is 1.00 bits per heavy atom. The van der Waals surface area contributed by atoms with Gasteiger partial charge in [-0.25, -0.2) is 9.97 Å². The molecular formula is C27H26N6. The third kappa shape index (κ3) is 4.17. The molecule has 164 valence electrons. The molecule has 4 aromatic rings. The molecule has 6 nitrogen and oxygen atoms in total. The standard InChI is InChI=1S/C27H26N6/c1-2-6-25-24(5-1)31-26(32-25)18-33(22-11-12-23-21(16-22)4-3-13-28-23)17-19-7-9-20(10-8-19)27-29-14-15-30-27/h1-10,13-16,22-23H,11-12,17-18H2,(H,29,30)(H,31,32). The van der Waals surface area contributed by atoms with E-state index in [0.717, 1.165) is 54.2 Å². The number of para-hydroxylation sites is 2. The molecule has 2 aromatic heterocycles. The lowest BCUT2D eigenvalue weighted by atomic mass is 9.89. The number of benzene rings is 2. The maximum Gasteiger partial charge on any atom is 0.137 e. The van der Waals surface area contributed by atoms with E-state index in [9.17, 15) is 0 Å². The van der Waals surface area contributed by atoms with Crippen molar-refractivity contribution in [2.75, 3.05) is 0 Å². The van der Waals surface area contributed by atoms with Gasteiger partial charge in [0.05, 0.1) is 23.6 Å². The molecule has 6 heteroatoms. The zero-order valence-corrected chi connectivity index (χ0v) is 18.4. The van der Waals surface area contributed by atoms with Crippen molar-refractivity contribution in [3.63, 3.8) is 0 Å². The van der Waals surface area contributed by atoms with Crippen molar-refractivity contribution in [2.45, 2.75) is 38.0 Å². The molecule has 2 N–H and O–H groups in total. The summed E-state index contributed by atoms with van der Waals surface area (Å²) in [5.41, 5.74) is 5.81. The summed E-state index contributed by atoms with van der Waals surface area (Å²) in [6.07, 6.45) is 14.4. The highest BCUT2D eigenvalue weighted by Gasteiger charge is 2.26. The van der Waals surface area contributed by atoms with E-state index in [4.69, 9.17) is 4.98 Å². The number of nitrogens with one attached hydrogen (secondary N) is 2. The molecule has 0 amide bonds. The van der Waals surface area contributed by atoms with Crippen molar-refractivity contribution >= 4 is 17.2 Å². The Kier molecular flexibility index (Phi) is 5.20. The minimum Gasteiger partial charge on any atom is -0.345 e. The molecule has 6 rings (SSSR count). The van der Waals surface area contributed by atoms with Gasteiger partial charge in [0, 0.05) is 36.8 Å². The van der Waals surface area contributed by atoms with Crippen LogP contribution in [0.3, 0.4) is 0 Å². The van der Waals surface area contributed by atoms with E-state index in [1.165, 1.54) is 11.1 Å². The molecule has 2 atom stereocenters. The Hall–Kier alpha value is -3.77. The second-order valence-electron chi connectivity index (χ2n) is 8.72. The number of allylic oxidation sites excluding steroid dienone is 1. The maximum atomic E-state index is 4.85. The Morgan fingerprint density at radius 2 is 1.91 bits per heavy atom. The summed E-state index contributed by atoms with van der Waals surface area (Å²) in [4.78, 5) is 23.1. The monoisotopic (exact) mass is 434 g/mol. The number of aromatic amines is 2. The van der Waals surface area contributed by atoms with Crippen molar-refractivity contribution in [3.05, 3.63) is 96.1 Å². The van der Waals surface area contributed by atoms with Crippen LogP contribution in [0.15, 0.2) is 89.7 Å². The molecule has 2 unspecified atom stereocenters. The largest absolute Gasteiger partial charge is 0.345 e. The summed E-state index contributed by atoms with van der Waals surface area (Å²) in [7, 11) is 0. The van der Waals surface area contributed by atoms with E-state index in [2.05, 4.69) is 73.4 Å². The van der Waals surface area contributed by atoms with Crippen LogP contribution in [0.1, 0.15) is 24.2 Å². The molecule has 2 aromatic carbocycles. The fraction of sp³-hybridized carbons (Fsp3) is 0.222. The number of imidazole rings is 2. The molecule has 1 aliphatic carbocycles. The lowest BCUT2D eigenvalue weighted by molar-refractivity contribution is 0.188. The Labute approximate surface area is 192 Å². The van der Waals surface area contributed by atoms with Crippen LogP contribution in [0.25, 0.3) is 22.4 Å². The fourth-order valence-electron chi connectivity index (χ4n) is 4.82. The van der Waals surface area contributed by atoms with Crippen molar-refractivity contribution < 1.29 is 0 Å². The van der Waals surface area contributed by atoms with Crippen molar-refractivity contribution in [1.82, 2.24) is 24.8 Å². The molecule has 33 heavy (non-hydrogen) atoms. The summed E-state index contributed by atoms with van der Waals surface area (Å²) >= 11 is 0. The number of fused-ring (bicyclic) bond motifs is 2. The summed E-state index contributed by atoms with van der Waals surface area (Å²) in [6, 6.07) is 17.6. The molecule has 1 aliphatic heterocycles. The van der Waals surface area contributed by atoms with Crippen LogP contribution in [0.2, 0.25) is 0 Å². The Morgan fingerprint density at radius 3 is 2.76 bits per heavy atom. The van der Waals surface area contributed by atoms with Gasteiger partial charge in [0.15, 0.2) is 0 Å². The lowest BCUT2D eigenvalue weighted by Gasteiger charge is -2.34. The van der Waals surface area contributed by atoms with Gasteiger partial charge in [0.1, 0.15) is 11.6 Å². The van der Waals surface area contributed by atoms with Crippen LogP contribution < -0.4 is 0 Å². The number of dihydropyridines is 1. The van der Waals surface area contributed by atoms with Gasteiger partial charge in [-0.05, 0) is 42.2 Å². The second-order valence-corrected chi connectivity index (χ2v) is 8.72. The van der Waals surface area contributed by atoms with Crippen LogP contribution in [0, 0.1) is 0 Å². The summed E-state index contributed by atoms with van der Waals surface area (Å²) in [6.45, 7) is 1.61. The molecule has 0 saturated carbocycles. The number of nitrogens with zero attached hydrogens (tertiary/aromatic N) is 4. The SMILES string of the molecule is C1=CC2=CC(N(Cc3ccc(-c4ncc[nH]4)cc3)Cc3nc4ccccc4[nH]3)CCC2N=C1. The quantitative estimate of drug-likeness (QED) is 0.446. The van der Waals surface area contributed by atoms with Gasteiger partial charge in [0.25, 0.3) is 0 Å². The third-order valence-electron chi connectivity index (χ3n) is 6.52. The van der Waals surface area contributed by atoms with E-state index in [0.29, 0.717) is 12.1 Å². The van der Waals surface area contributed by atoms with Gasteiger partial charge < -0.3 is 9.97 Å². The molecule has 3 heterocycles. The van der Waals surface area contributed by atoms with E-state index in [1.54, 1.807) is 6.20 Å². The summed E-state index contributed by atoms with van der Waals surface area (Å²) < 4.78 is 0. The predicted octanol–water partition coefficient (Wildman–Crippen LogP) is 5.05. The number of aliphatic imine (C=N–C) groups is 1. The summed E-state index contributed by atoms with van der Waals surface area (Å²) in [5.74, 6) is 1.90. The fourth-order valence-corrected chi connectivity index (χ4v) is 4.82. The van der Waals surface area contributed by atoms with E-state index < -0.39 is 0 Å². The number of hydrogen-bond donors (Lipinski definition) is 2. The average Bonchev–Trinajstić information content (AvgIpc) is 3.54. The molecule has 2 aliphatic rings. The first-order valence-corrected chi connectivity index (χ1v) is 11.5. The van der Waals surface area contributed by atoms with Gasteiger partial charge in [-0.3, -0.25) is 9.89 Å². The predicted molar refractivity (Wildman–Crippen MR) is 132 cm³/mol. The zero-order chi connectivity index (χ0) is 22.0. The third-order valence-corrected chi connectivity index (χ3v) is 6.52. The topological polar surface area (TPSA) is 73.0 Å². The van der Waals surface area contributed by atoms with Crippen LogP contribution >= 0.6 is 0 Å². The molecule has 0 bridgehead atoms. The maximum absolute atomic E-state index is 4.85. The summed E-state index contributed by atoms with van der Waals surface area (Å²) in [5, 5.41) is 0. The molecular weight excluding hydrogens is 408 g/mol. The first-order valence-electron chi connectivity index (χ1n) is 11.5. The minimum atomic E-state index is 0.312. The molecule has 0 fully saturated rings. The first-order chi connectivity index (χ1) is 16.3. The van der Waals surface area contributed by atoms with Crippen LogP contribution in [0.4, 0.5) is 0 Å². The first kappa shape index (κ1) is 19.9. The molecule has 0 saturated heterocycles. The highest BCUT2D eigenvalue weighted by atomic mass is 15.2. The van der Waals surface area contributed by atoms with E-state index in [1.807, 2.05) is 30.6 Å². The van der Waals surface area contributed by atoms with E-state index >= 15 is 0 Å². The van der Waals surface area contributed by atoms with Crippen LogP contribution in [-0.4, -0.2) is 43.1 Å². The van der Waals surface area contributed by atoms with Crippen molar-refractivity contribution in [3.8, 4) is 11.4 Å². The minimum absolute atomic E-state index is 0.312. The van der Waals surface area contributed by atoms with Gasteiger partial charge in [0.2, 0.25) is 0 Å². The van der Waals surface area contributed by atoms with Gasteiger partial charge in [-0.1, -0.05) is 48.6 Å². The average molecular weight is 435 g/mol. The van der Waals surface area contributed by atoms with Crippen LogP contribution in [0.5, 0.6) is 0 Å². The molecule has 0 spiro atoms. The second kappa shape index (κ2) is 8.64. The lowest BCUT2D eigenvalue weighted by Crippen LogP contribution is -2.37. The van der Waals surface area contributed by atoms with Gasteiger partial charge >= 0.3 is 0 Å². The van der Waals surface area contributed by atoms with Crippen molar-refractivity contribution in [1.29, 1.82) is 0 Å². The molecule has 0 radical (unpaired) electrons. The number of rotatable bonds is 6. The number of hydrogen-bond acceptors (Lipinski definition) is 4. The Bertz CT molecular complexity index is 1290. The number of H-pyrrole nitrogens is 2. The zero-order valence-electron chi connectivity index (χ0n) is 18.4. The van der Waals surface area contributed by atoms with E-state index in [-0.39, 0.29) is 0 Å². The number of aromatic nitrogens is 4. The van der Waals surface area contributed by atoms with Gasteiger partial charge in [-0.15, -0.1) is 0 Å².